The topological polar surface area (TPSA) is 129 Å². The summed E-state index contributed by atoms with van der Waals surface area (Å²) in [5.74, 6) is 0.662. The third-order valence-electron chi connectivity index (χ3n) is 5.15. The lowest BCUT2D eigenvalue weighted by Gasteiger charge is -2.18. The Hall–Kier alpha value is -3.63. The zero-order valence-electron chi connectivity index (χ0n) is 18.5. The molecule has 0 saturated carbocycles. The summed E-state index contributed by atoms with van der Waals surface area (Å²) in [6, 6.07) is 10.7. The van der Waals surface area contributed by atoms with E-state index in [1.54, 1.807) is 43.3 Å². The van der Waals surface area contributed by atoms with E-state index in [-0.39, 0.29) is 10.7 Å². The van der Waals surface area contributed by atoms with Gasteiger partial charge in [0.05, 0.1) is 16.2 Å². The standard InChI is InChI=1S/C22H27N7O2S/c1-14-6-7-17(12-21(14)32(24,30)31)26-16(3)25-11-10-22(23)28(4)18-8-9-19-15(2)29(5)27-20(19)13-18/h6-13,23,25-26H,3H2,1-2,4-5H3,(H2,24,30,31). The highest BCUT2D eigenvalue weighted by Crippen LogP contribution is 2.23. The van der Waals surface area contributed by atoms with E-state index in [2.05, 4.69) is 22.3 Å². The number of likely N-dealkylation sites (N-methyl/N-ethyl adjacent to an activating group) is 1. The molecule has 0 aliphatic carbocycles. The van der Waals surface area contributed by atoms with Gasteiger partial charge in [0.1, 0.15) is 5.84 Å². The second-order valence-electron chi connectivity index (χ2n) is 7.46. The Labute approximate surface area is 187 Å². The largest absolute Gasteiger partial charge is 0.349 e. The van der Waals surface area contributed by atoms with E-state index < -0.39 is 10.0 Å². The fraction of sp³-hybridized carbons (Fsp3) is 0.182. The van der Waals surface area contributed by atoms with Crippen LogP contribution in [0.2, 0.25) is 0 Å². The van der Waals surface area contributed by atoms with Gasteiger partial charge in [-0.25, -0.2) is 13.6 Å². The molecule has 9 nitrogen and oxygen atoms in total. The van der Waals surface area contributed by atoms with Crippen molar-refractivity contribution in [3.63, 3.8) is 0 Å². The molecule has 0 amide bonds. The van der Waals surface area contributed by atoms with Gasteiger partial charge >= 0.3 is 0 Å². The van der Waals surface area contributed by atoms with Gasteiger partial charge in [-0.3, -0.25) is 10.1 Å². The van der Waals surface area contributed by atoms with Crippen LogP contribution in [0.5, 0.6) is 0 Å². The molecule has 3 aromatic rings. The first-order valence-corrected chi connectivity index (χ1v) is 11.3. The van der Waals surface area contributed by atoms with Gasteiger partial charge in [-0.1, -0.05) is 12.6 Å². The number of aryl methyl sites for hydroxylation is 3. The van der Waals surface area contributed by atoms with E-state index in [0.29, 0.717) is 17.1 Å². The second-order valence-corrected chi connectivity index (χ2v) is 8.99. The van der Waals surface area contributed by atoms with Crippen molar-refractivity contribution in [2.24, 2.45) is 12.2 Å². The number of nitrogens with one attached hydrogen (secondary N) is 3. The zero-order chi connectivity index (χ0) is 23.6. The first-order valence-electron chi connectivity index (χ1n) is 9.75. The number of fused-ring (bicyclic) bond motifs is 1. The molecule has 10 heteroatoms. The molecular formula is C22H27N7O2S. The van der Waals surface area contributed by atoms with E-state index in [0.717, 1.165) is 22.3 Å². The third-order valence-corrected chi connectivity index (χ3v) is 6.20. The minimum Gasteiger partial charge on any atom is -0.349 e. The fourth-order valence-corrected chi connectivity index (χ4v) is 4.00. The Morgan fingerprint density at radius 3 is 2.66 bits per heavy atom. The summed E-state index contributed by atoms with van der Waals surface area (Å²) in [6.45, 7) is 7.55. The highest BCUT2D eigenvalue weighted by molar-refractivity contribution is 7.89. The molecule has 168 valence electrons. The minimum absolute atomic E-state index is 0.0503. The van der Waals surface area contributed by atoms with Gasteiger partial charge < -0.3 is 15.5 Å². The summed E-state index contributed by atoms with van der Waals surface area (Å²) in [5.41, 5.74) is 3.89. The fourth-order valence-electron chi connectivity index (χ4n) is 3.20. The second kappa shape index (κ2) is 8.85. The Morgan fingerprint density at radius 2 is 1.97 bits per heavy atom. The smallest absolute Gasteiger partial charge is 0.238 e. The lowest BCUT2D eigenvalue weighted by atomic mass is 10.2. The van der Waals surface area contributed by atoms with Crippen LogP contribution in [-0.4, -0.2) is 31.1 Å². The van der Waals surface area contributed by atoms with Gasteiger partial charge in [-0.2, -0.15) is 5.10 Å². The average molecular weight is 454 g/mol. The highest BCUT2D eigenvalue weighted by Gasteiger charge is 2.12. The van der Waals surface area contributed by atoms with Gasteiger partial charge in [0.2, 0.25) is 10.0 Å². The van der Waals surface area contributed by atoms with Crippen molar-refractivity contribution in [3.05, 3.63) is 72.3 Å². The molecule has 0 atom stereocenters. The molecule has 5 N–H and O–H groups in total. The van der Waals surface area contributed by atoms with Gasteiger partial charge in [0, 0.05) is 42.8 Å². The summed E-state index contributed by atoms with van der Waals surface area (Å²) < 4.78 is 25.2. The lowest BCUT2D eigenvalue weighted by molar-refractivity contribution is 0.597. The van der Waals surface area contributed by atoms with Crippen molar-refractivity contribution >= 4 is 38.1 Å². The van der Waals surface area contributed by atoms with E-state index >= 15 is 0 Å². The number of hydrogen-bond acceptors (Lipinski definition) is 6. The SMILES string of the molecule is C=C(NC=CC(=N)N(C)c1ccc2c(C)n(C)nc2c1)Nc1ccc(C)c(S(N)(=O)=O)c1. The number of aromatic nitrogens is 2. The van der Waals surface area contributed by atoms with Gasteiger partial charge in [0.25, 0.3) is 0 Å². The average Bonchev–Trinajstić information content (AvgIpc) is 3.01. The van der Waals surface area contributed by atoms with Crippen molar-refractivity contribution in [1.29, 1.82) is 5.41 Å². The van der Waals surface area contributed by atoms with Crippen LogP contribution in [-0.2, 0) is 17.1 Å². The molecule has 0 spiro atoms. The van der Waals surface area contributed by atoms with Crippen LogP contribution >= 0.6 is 0 Å². The molecule has 3 rings (SSSR count). The predicted octanol–water partition coefficient (Wildman–Crippen LogP) is 2.94. The Bertz CT molecular complexity index is 1340. The molecule has 0 fully saturated rings. The Kier molecular flexibility index (Phi) is 6.37. The quantitative estimate of drug-likeness (QED) is 0.322. The van der Waals surface area contributed by atoms with Gasteiger partial charge in [0.15, 0.2) is 0 Å². The molecule has 0 saturated heterocycles. The molecule has 2 aromatic carbocycles. The van der Waals surface area contributed by atoms with Crippen LogP contribution in [0.25, 0.3) is 10.9 Å². The number of sulfonamides is 1. The number of amidine groups is 1. The van der Waals surface area contributed by atoms with Crippen molar-refractivity contribution in [1.82, 2.24) is 15.1 Å². The Balaban J connectivity index is 1.63. The molecule has 0 bridgehead atoms. The maximum absolute atomic E-state index is 11.7. The highest BCUT2D eigenvalue weighted by atomic mass is 32.2. The molecule has 1 heterocycles. The molecule has 32 heavy (non-hydrogen) atoms. The first kappa shape index (κ1) is 23.0. The van der Waals surface area contributed by atoms with Gasteiger partial charge in [-0.15, -0.1) is 0 Å². The maximum Gasteiger partial charge on any atom is 0.238 e. The number of nitrogens with zero attached hydrogens (tertiary/aromatic N) is 3. The van der Waals surface area contributed by atoms with Crippen LogP contribution in [0.4, 0.5) is 11.4 Å². The third kappa shape index (κ3) is 4.98. The van der Waals surface area contributed by atoms with Crippen molar-refractivity contribution in [2.45, 2.75) is 18.7 Å². The predicted molar refractivity (Wildman–Crippen MR) is 129 cm³/mol. The summed E-state index contributed by atoms with van der Waals surface area (Å²) >= 11 is 0. The van der Waals surface area contributed by atoms with Crippen molar-refractivity contribution < 1.29 is 8.42 Å². The molecular weight excluding hydrogens is 426 g/mol. The summed E-state index contributed by atoms with van der Waals surface area (Å²) in [4.78, 5) is 1.78. The zero-order valence-corrected chi connectivity index (χ0v) is 19.3. The number of hydrogen-bond donors (Lipinski definition) is 4. The van der Waals surface area contributed by atoms with Crippen LogP contribution < -0.4 is 20.7 Å². The number of primary sulfonamides is 1. The summed E-state index contributed by atoms with van der Waals surface area (Å²) in [7, 11) is -0.106. The number of anilines is 2. The number of rotatable bonds is 7. The molecule has 0 aliphatic rings. The Morgan fingerprint density at radius 1 is 1.25 bits per heavy atom. The van der Waals surface area contributed by atoms with Crippen molar-refractivity contribution in [2.75, 3.05) is 17.3 Å². The molecule has 0 radical (unpaired) electrons. The lowest BCUT2D eigenvalue weighted by Crippen LogP contribution is -2.24. The van der Waals surface area contributed by atoms with Gasteiger partial charge in [-0.05, 0) is 55.8 Å². The number of nitrogens with two attached hydrogens (primary N) is 1. The van der Waals surface area contributed by atoms with Crippen LogP contribution in [0.1, 0.15) is 11.3 Å². The van der Waals surface area contributed by atoms with E-state index in [1.165, 1.54) is 6.07 Å². The van der Waals surface area contributed by atoms with E-state index in [4.69, 9.17) is 10.5 Å². The summed E-state index contributed by atoms with van der Waals surface area (Å²) in [6.07, 6.45) is 3.16. The first-order chi connectivity index (χ1) is 15.0. The minimum atomic E-state index is -3.81. The van der Waals surface area contributed by atoms with Crippen molar-refractivity contribution in [3.8, 4) is 0 Å². The monoisotopic (exact) mass is 453 g/mol. The maximum atomic E-state index is 11.7. The molecule has 0 unspecified atom stereocenters. The van der Waals surface area contributed by atoms with E-state index in [9.17, 15) is 8.42 Å². The summed E-state index contributed by atoms with van der Waals surface area (Å²) in [5, 5.41) is 25.0. The van der Waals surface area contributed by atoms with E-state index in [1.807, 2.05) is 36.9 Å². The van der Waals surface area contributed by atoms with Crippen LogP contribution in [0.15, 0.2) is 66.0 Å². The molecule has 1 aromatic heterocycles. The normalized spacial score (nSPS) is 11.7. The van der Waals surface area contributed by atoms with Crippen LogP contribution in [0.3, 0.4) is 0 Å². The molecule has 0 aliphatic heterocycles. The van der Waals surface area contributed by atoms with Crippen LogP contribution in [0, 0.1) is 19.3 Å². The number of benzene rings is 2.